The number of hydrogen-bond acceptors (Lipinski definition) is 7. The van der Waals surface area contributed by atoms with E-state index in [-0.39, 0.29) is 29.1 Å². The van der Waals surface area contributed by atoms with Gasteiger partial charge in [0.05, 0.1) is 16.2 Å². The number of hydrogen-bond donors (Lipinski definition) is 1. The summed E-state index contributed by atoms with van der Waals surface area (Å²) in [6, 6.07) is 9.44. The van der Waals surface area contributed by atoms with E-state index in [0.29, 0.717) is 12.2 Å². The summed E-state index contributed by atoms with van der Waals surface area (Å²) >= 11 is 0. The van der Waals surface area contributed by atoms with Gasteiger partial charge in [0.15, 0.2) is 0 Å². The van der Waals surface area contributed by atoms with Crippen molar-refractivity contribution in [3.05, 3.63) is 75.6 Å². The maximum atomic E-state index is 12.8. The van der Waals surface area contributed by atoms with Crippen LogP contribution in [0.5, 0.6) is 0 Å². The number of aromatic nitrogens is 1. The molecule has 1 saturated heterocycles. The first-order valence-corrected chi connectivity index (χ1v) is 8.90. The fourth-order valence-electron chi connectivity index (χ4n) is 3.16. The van der Waals surface area contributed by atoms with Crippen LogP contribution in [-0.4, -0.2) is 63.7 Å². The molecule has 1 aliphatic rings. The number of likely N-dealkylation sites (N-methyl/N-ethyl adjacent to an activating group) is 1. The number of aliphatic hydroxyl groups is 1. The number of Topliss-reactive ketones (excluding diaryl/α,β-unsaturated/α-hetero) is 1. The Labute approximate surface area is 167 Å². The largest absolute Gasteiger partial charge is 0.507 e. The molecule has 0 aliphatic carbocycles. The van der Waals surface area contributed by atoms with Crippen LogP contribution in [0.15, 0.2) is 54.2 Å². The van der Waals surface area contributed by atoms with Gasteiger partial charge in [0.25, 0.3) is 17.4 Å². The van der Waals surface area contributed by atoms with Crippen molar-refractivity contribution in [2.45, 2.75) is 6.04 Å². The molecule has 0 radical (unpaired) electrons. The van der Waals surface area contributed by atoms with E-state index in [1.807, 2.05) is 19.0 Å². The number of benzene rings is 1. The highest BCUT2D eigenvalue weighted by molar-refractivity contribution is 6.46. The standard InChI is InChI=1S/C20H20N4O5/c1-22(2)11-12-23-17(15-5-3-4-10-21-15)16(19(26)20(23)27)18(25)13-6-8-14(9-7-13)24(28)29/h3-10,17,25H,11-12H2,1-2H3/b18-16-. The molecule has 0 spiro atoms. The minimum atomic E-state index is -0.841. The maximum Gasteiger partial charge on any atom is 0.295 e. The molecule has 9 heteroatoms. The molecule has 0 saturated carbocycles. The number of pyridine rings is 1. The second-order valence-electron chi connectivity index (χ2n) is 6.85. The summed E-state index contributed by atoms with van der Waals surface area (Å²) in [4.78, 5) is 43.3. The molecule has 1 fully saturated rings. The lowest BCUT2D eigenvalue weighted by Gasteiger charge is -2.25. The Kier molecular flexibility index (Phi) is 5.69. The van der Waals surface area contributed by atoms with E-state index in [1.54, 1.807) is 24.4 Å². The lowest BCUT2D eigenvalue weighted by molar-refractivity contribution is -0.384. The Morgan fingerprint density at radius 2 is 1.90 bits per heavy atom. The zero-order valence-corrected chi connectivity index (χ0v) is 16.0. The Balaban J connectivity index is 2.10. The molecule has 1 aromatic carbocycles. The molecular weight excluding hydrogens is 376 g/mol. The monoisotopic (exact) mass is 396 g/mol. The Morgan fingerprint density at radius 3 is 2.45 bits per heavy atom. The van der Waals surface area contributed by atoms with E-state index in [4.69, 9.17) is 0 Å². The SMILES string of the molecule is CN(C)CCN1C(=O)C(=O)/C(=C(\O)c2ccc([N+](=O)[O-])cc2)C1c1ccccn1. The summed E-state index contributed by atoms with van der Waals surface area (Å²) in [5.41, 5.74) is 0.437. The highest BCUT2D eigenvalue weighted by atomic mass is 16.6. The first-order valence-electron chi connectivity index (χ1n) is 8.90. The molecule has 1 N–H and O–H groups in total. The third-order valence-electron chi connectivity index (χ3n) is 4.65. The highest BCUT2D eigenvalue weighted by Crippen LogP contribution is 2.38. The van der Waals surface area contributed by atoms with Crippen LogP contribution >= 0.6 is 0 Å². The molecule has 1 aliphatic heterocycles. The molecule has 29 heavy (non-hydrogen) atoms. The maximum absolute atomic E-state index is 12.8. The molecule has 1 unspecified atom stereocenters. The second kappa shape index (κ2) is 8.19. The fourth-order valence-corrected chi connectivity index (χ4v) is 3.16. The van der Waals surface area contributed by atoms with Crippen molar-refractivity contribution in [1.82, 2.24) is 14.8 Å². The lowest BCUT2D eigenvalue weighted by atomic mass is 9.98. The Morgan fingerprint density at radius 1 is 1.21 bits per heavy atom. The fraction of sp³-hybridized carbons (Fsp3) is 0.250. The number of nitro benzene ring substituents is 1. The van der Waals surface area contributed by atoms with Crippen molar-refractivity contribution in [1.29, 1.82) is 0 Å². The van der Waals surface area contributed by atoms with Gasteiger partial charge in [0, 0.05) is 37.0 Å². The molecule has 1 amide bonds. The normalized spacial score (nSPS) is 18.4. The zero-order valence-electron chi connectivity index (χ0n) is 16.0. The number of amides is 1. The topological polar surface area (TPSA) is 117 Å². The van der Waals surface area contributed by atoms with Gasteiger partial charge in [-0.05, 0) is 38.4 Å². The first-order chi connectivity index (χ1) is 13.8. The number of likely N-dealkylation sites (tertiary alicyclic amines) is 1. The van der Waals surface area contributed by atoms with Crippen molar-refractivity contribution < 1.29 is 19.6 Å². The minimum Gasteiger partial charge on any atom is -0.507 e. The smallest absolute Gasteiger partial charge is 0.295 e. The number of rotatable bonds is 6. The highest BCUT2D eigenvalue weighted by Gasteiger charge is 2.46. The van der Waals surface area contributed by atoms with Gasteiger partial charge < -0.3 is 14.9 Å². The molecule has 0 bridgehead atoms. The number of carbonyl (C=O) groups is 2. The van der Waals surface area contributed by atoms with E-state index in [0.717, 1.165) is 0 Å². The van der Waals surface area contributed by atoms with Crippen molar-refractivity contribution in [2.24, 2.45) is 0 Å². The number of non-ortho nitro benzene ring substituents is 1. The van der Waals surface area contributed by atoms with E-state index in [9.17, 15) is 24.8 Å². The predicted molar refractivity (Wildman–Crippen MR) is 105 cm³/mol. The lowest BCUT2D eigenvalue weighted by Crippen LogP contribution is -2.35. The van der Waals surface area contributed by atoms with Crippen molar-refractivity contribution in [3.8, 4) is 0 Å². The van der Waals surface area contributed by atoms with E-state index in [2.05, 4.69) is 4.98 Å². The molecule has 150 valence electrons. The number of nitro groups is 1. The zero-order chi connectivity index (χ0) is 21.1. The summed E-state index contributed by atoms with van der Waals surface area (Å²) in [6.45, 7) is 0.795. The van der Waals surface area contributed by atoms with Gasteiger partial charge in [0.2, 0.25) is 0 Å². The summed E-state index contributed by atoms with van der Waals surface area (Å²) < 4.78 is 0. The Hall–Kier alpha value is -3.59. The third kappa shape index (κ3) is 3.99. The van der Waals surface area contributed by atoms with Crippen molar-refractivity contribution in [2.75, 3.05) is 27.2 Å². The van der Waals surface area contributed by atoms with Gasteiger partial charge >= 0.3 is 0 Å². The van der Waals surface area contributed by atoms with Gasteiger partial charge in [-0.15, -0.1) is 0 Å². The van der Waals surface area contributed by atoms with Crippen LogP contribution in [0.3, 0.4) is 0 Å². The van der Waals surface area contributed by atoms with E-state index >= 15 is 0 Å². The number of carbonyl (C=O) groups excluding carboxylic acids is 2. The van der Waals surface area contributed by atoms with Gasteiger partial charge in [-0.25, -0.2) is 0 Å². The molecule has 1 atom stereocenters. The average molecular weight is 396 g/mol. The van der Waals surface area contributed by atoms with Gasteiger partial charge in [-0.1, -0.05) is 6.07 Å². The molecule has 1 aromatic heterocycles. The van der Waals surface area contributed by atoms with E-state index in [1.165, 1.54) is 29.2 Å². The average Bonchev–Trinajstić information content (AvgIpc) is 2.97. The van der Waals surface area contributed by atoms with Crippen LogP contribution in [0, 0.1) is 10.1 Å². The number of ketones is 1. The summed E-state index contributed by atoms with van der Waals surface area (Å²) in [7, 11) is 3.70. The number of aliphatic hydroxyl groups excluding tert-OH is 1. The van der Waals surface area contributed by atoms with Crippen LogP contribution in [0.1, 0.15) is 17.3 Å². The second-order valence-corrected chi connectivity index (χ2v) is 6.85. The van der Waals surface area contributed by atoms with Gasteiger partial charge in [0.1, 0.15) is 11.8 Å². The minimum absolute atomic E-state index is 0.0821. The Bertz CT molecular complexity index is 970. The molecule has 2 aromatic rings. The summed E-state index contributed by atoms with van der Waals surface area (Å²) in [6.07, 6.45) is 1.55. The third-order valence-corrected chi connectivity index (χ3v) is 4.65. The van der Waals surface area contributed by atoms with E-state index < -0.39 is 22.7 Å². The van der Waals surface area contributed by atoms with Crippen LogP contribution in [0.2, 0.25) is 0 Å². The summed E-state index contributed by atoms with van der Waals surface area (Å²) in [5, 5.41) is 21.7. The first kappa shape index (κ1) is 20.2. The quantitative estimate of drug-likeness (QED) is 0.261. The number of nitrogens with zero attached hydrogens (tertiary/aromatic N) is 4. The predicted octanol–water partition coefficient (Wildman–Crippen LogP) is 1.97. The van der Waals surface area contributed by atoms with Crippen LogP contribution in [0.4, 0.5) is 5.69 Å². The van der Waals surface area contributed by atoms with Crippen LogP contribution in [-0.2, 0) is 9.59 Å². The summed E-state index contributed by atoms with van der Waals surface area (Å²) in [5.74, 6) is -1.91. The van der Waals surface area contributed by atoms with Gasteiger partial charge in [-0.2, -0.15) is 0 Å². The molecular formula is C20H20N4O5. The molecule has 3 rings (SSSR count). The molecule has 2 heterocycles. The van der Waals surface area contributed by atoms with Crippen LogP contribution in [0.25, 0.3) is 5.76 Å². The van der Waals surface area contributed by atoms with Gasteiger partial charge in [-0.3, -0.25) is 24.7 Å². The molecule has 9 nitrogen and oxygen atoms in total. The van der Waals surface area contributed by atoms with Crippen LogP contribution < -0.4 is 0 Å². The van der Waals surface area contributed by atoms with Crippen molar-refractivity contribution in [3.63, 3.8) is 0 Å². The van der Waals surface area contributed by atoms with Crippen molar-refractivity contribution >= 4 is 23.1 Å².